The lowest BCUT2D eigenvalue weighted by Crippen LogP contribution is -2.54. The van der Waals surface area contributed by atoms with E-state index in [0.29, 0.717) is 5.41 Å². The number of nitrogens with one attached hydrogen (secondary N) is 1. The Morgan fingerprint density at radius 1 is 1.05 bits per heavy atom. The van der Waals surface area contributed by atoms with E-state index in [1.165, 1.54) is 50.5 Å². The number of rotatable bonds is 4. The standard InChI is InChI=1S/C17H24FN/c18-15-6-4-14(5-7-15)9-13-19-16-8-12-17(16)10-2-1-3-11-17/h4-7,16,19H,1-3,8-13H2. The summed E-state index contributed by atoms with van der Waals surface area (Å²) in [5.41, 5.74) is 1.87. The van der Waals surface area contributed by atoms with Crippen molar-refractivity contribution in [3.63, 3.8) is 0 Å². The van der Waals surface area contributed by atoms with Crippen LogP contribution in [0.3, 0.4) is 0 Å². The molecule has 0 aliphatic heterocycles. The first kappa shape index (κ1) is 13.1. The summed E-state index contributed by atoms with van der Waals surface area (Å²) >= 11 is 0. The first-order valence-corrected chi connectivity index (χ1v) is 7.76. The van der Waals surface area contributed by atoms with E-state index in [0.717, 1.165) is 19.0 Å². The molecule has 2 fully saturated rings. The fourth-order valence-corrected chi connectivity index (χ4v) is 3.91. The van der Waals surface area contributed by atoms with Crippen molar-refractivity contribution in [2.75, 3.05) is 6.54 Å². The second-order valence-corrected chi connectivity index (χ2v) is 6.34. The van der Waals surface area contributed by atoms with Crippen molar-refractivity contribution in [3.05, 3.63) is 35.6 Å². The highest BCUT2D eigenvalue weighted by Crippen LogP contribution is 2.51. The van der Waals surface area contributed by atoms with Gasteiger partial charge in [-0.1, -0.05) is 31.4 Å². The summed E-state index contributed by atoms with van der Waals surface area (Å²) in [4.78, 5) is 0. The van der Waals surface area contributed by atoms with Crippen molar-refractivity contribution in [1.29, 1.82) is 0 Å². The molecule has 2 saturated carbocycles. The highest BCUT2D eigenvalue weighted by Gasteiger charge is 2.46. The van der Waals surface area contributed by atoms with Crippen molar-refractivity contribution >= 4 is 0 Å². The molecule has 19 heavy (non-hydrogen) atoms. The highest BCUT2D eigenvalue weighted by atomic mass is 19.1. The quantitative estimate of drug-likeness (QED) is 0.861. The van der Waals surface area contributed by atoms with Gasteiger partial charge in [-0.05, 0) is 61.8 Å². The Kier molecular flexibility index (Phi) is 3.88. The highest BCUT2D eigenvalue weighted by molar-refractivity contribution is 5.16. The van der Waals surface area contributed by atoms with Crippen molar-refractivity contribution < 1.29 is 4.39 Å². The van der Waals surface area contributed by atoms with Gasteiger partial charge >= 0.3 is 0 Å². The zero-order valence-electron chi connectivity index (χ0n) is 11.6. The minimum absolute atomic E-state index is 0.142. The van der Waals surface area contributed by atoms with Gasteiger partial charge in [-0.2, -0.15) is 0 Å². The van der Waals surface area contributed by atoms with E-state index in [1.54, 1.807) is 12.1 Å². The Labute approximate surface area is 115 Å². The number of hydrogen-bond acceptors (Lipinski definition) is 1. The van der Waals surface area contributed by atoms with E-state index in [4.69, 9.17) is 0 Å². The van der Waals surface area contributed by atoms with Crippen molar-refractivity contribution in [2.24, 2.45) is 5.41 Å². The van der Waals surface area contributed by atoms with Gasteiger partial charge in [0.2, 0.25) is 0 Å². The SMILES string of the molecule is Fc1ccc(CCNC2CCC23CCCCC3)cc1. The summed E-state index contributed by atoms with van der Waals surface area (Å²) in [7, 11) is 0. The minimum atomic E-state index is -0.142. The topological polar surface area (TPSA) is 12.0 Å². The van der Waals surface area contributed by atoms with E-state index < -0.39 is 0 Å². The molecule has 0 amide bonds. The molecule has 1 nitrogen and oxygen atoms in total. The summed E-state index contributed by atoms with van der Waals surface area (Å²) < 4.78 is 12.8. The summed E-state index contributed by atoms with van der Waals surface area (Å²) in [5.74, 6) is -0.142. The third-order valence-electron chi connectivity index (χ3n) is 5.24. The molecule has 3 rings (SSSR count). The molecule has 2 aliphatic rings. The van der Waals surface area contributed by atoms with E-state index in [9.17, 15) is 4.39 Å². The van der Waals surface area contributed by atoms with Gasteiger partial charge in [0.05, 0.1) is 0 Å². The van der Waals surface area contributed by atoms with Crippen molar-refractivity contribution in [3.8, 4) is 0 Å². The Hall–Kier alpha value is -0.890. The zero-order chi connectivity index (χ0) is 13.1. The van der Waals surface area contributed by atoms with Gasteiger partial charge in [0.25, 0.3) is 0 Å². The van der Waals surface area contributed by atoms with Gasteiger partial charge < -0.3 is 5.32 Å². The maximum atomic E-state index is 12.8. The molecule has 2 aliphatic carbocycles. The molecule has 0 saturated heterocycles. The first-order chi connectivity index (χ1) is 9.28. The molecule has 104 valence electrons. The fraction of sp³-hybridized carbons (Fsp3) is 0.647. The predicted molar refractivity (Wildman–Crippen MR) is 76.6 cm³/mol. The normalized spacial score (nSPS) is 25.2. The van der Waals surface area contributed by atoms with Crippen LogP contribution in [0.15, 0.2) is 24.3 Å². The molecule has 1 N–H and O–H groups in total. The van der Waals surface area contributed by atoms with Crippen molar-refractivity contribution in [2.45, 2.75) is 57.4 Å². The van der Waals surface area contributed by atoms with Crippen LogP contribution in [0, 0.1) is 11.2 Å². The summed E-state index contributed by atoms with van der Waals surface area (Å²) in [5, 5.41) is 3.75. The van der Waals surface area contributed by atoms with Gasteiger partial charge in [0.1, 0.15) is 5.82 Å². The van der Waals surface area contributed by atoms with Gasteiger partial charge in [0.15, 0.2) is 0 Å². The molecule has 1 aromatic carbocycles. The van der Waals surface area contributed by atoms with Crippen LogP contribution in [0.4, 0.5) is 4.39 Å². The average molecular weight is 261 g/mol. The predicted octanol–water partition coefficient (Wildman–Crippen LogP) is 4.07. The van der Waals surface area contributed by atoms with Crippen LogP contribution < -0.4 is 5.32 Å². The monoisotopic (exact) mass is 261 g/mol. The van der Waals surface area contributed by atoms with E-state index in [2.05, 4.69) is 5.32 Å². The van der Waals surface area contributed by atoms with Crippen LogP contribution >= 0.6 is 0 Å². The molecule has 0 radical (unpaired) electrons. The molecule has 2 heteroatoms. The lowest BCUT2D eigenvalue weighted by Gasteiger charge is -2.52. The fourth-order valence-electron chi connectivity index (χ4n) is 3.91. The summed E-state index contributed by atoms with van der Waals surface area (Å²) in [6.45, 7) is 1.03. The second-order valence-electron chi connectivity index (χ2n) is 6.34. The maximum absolute atomic E-state index is 12.8. The third kappa shape index (κ3) is 2.84. The van der Waals surface area contributed by atoms with Crippen LogP contribution in [0.25, 0.3) is 0 Å². The second kappa shape index (κ2) is 5.62. The molecule has 1 unspecified atom stereocenters. The Morgan fingerprint density at radius 3 is 2.42 bits per heavy atom. The van der Waals surface area contributed by atoms with Crippen LogP contribution in [0.2, 0.25) is 0 Å². The lowest BCUT2D eigenvalue weighted by molar-refractivity contribution is 0.0236. The van der Waals surface area contributed by atoms with Crippen LogP contribution in [0.5, 0.6) is 0 Å². The van der Waals surface area contributed by atoms with Gasteiger partial charge in [-0.25, -0.2) is 4.39 Å². The average Bonchev–Trinajstić information content (AvgIpc) is 2.45. The van der Waals surface area contributed by atoms with Gasteiger partial charge in [-0.15, -0.1) is 0 Å². The maximum Gasteiger partial charge on any atom is 0.123 e. The molecular formula is C17H24FN. The molecular weight excluding hydrogens is 237 g/mol. The lowest BCUT2D eigenvalue weighted by atomic mass is 9.57. The van der Waals surface area contributed by atoms with Crippen LogP contribution in [-0.2, 0) is 6.42 Å². The van der Waals surface area contributed by atoms with E-state index >= 15 is 0 Å². The molecule has 1 spiro atoms. The number of halogens is 1. The van der Waals surface area contributed by atoms with Gasteiger partial charge in [-0.3, -0.25) is 0 Å². The smallest absolute Gasteiger partial charge is 0.123 e. The zero-order valence-corrected chi connectivity index (χ0v) is 11.6. The number of benzene rings is 1. The summed E-state index contributed by atoms with van der Waals surface area (Å²) in [6, 6.07) is 7.65. The largest absolute Gasteiger partial charge is 0.313 e. The Bertz CT molecular complexity index is 406. The minimum Gasteiger partial charge on any atom is -0.313 e. The van der Waals surface area contributed by atoms with Crippen molar-refractivity contribution in [1.82, 2.24) is 5.32 Å². The molecule has 0 bridgehead atoms. The molecule has 0 aromatic heterocycles. The first-order valence-electron chi connectivity index (χ1n) is 7.76. The van der Waals surface area contributed by atoms with Gasteiger partial charge in [0, 0.05) is 6.04 Å². The third-order valence-corrected chi connectivity index (χ3v) is 5.24. The molecule has 1 aromatic rings. The van der Waals surface area contributed by atoms with E-state index in [1.807, 2.05) is 12.1 Å². The van der Waals surface area contributed by atoms with Crippen LogP contribution in [0.1, 0.15) is 50.5 Å². The Morgan fingerprint density at radius 2 is 1.79 bits per heavy atom. The van der Waals surface area contributed by atoms with Crippen LogP contribution in [-0.4, -0.2) is 12.6 Å². The Balaban J connectivity index is 1.46. The molecule has 0 heterocycles. The number of hydrogen-bond donors (Lipinski definition) is 1. The molecule has 1 atom stereocenters. The van der Waals surface area contributed by atoms with E-state index in [-0.39, 0.29) is 5.82 Å². The summed E-state index contributed by atoms with van der Waals surface area (Å²) in [6.07, 6.45) is 10.9.